The number of hydrogen-bond acceptors (Lipinski definition) is 7. The van der Waals surface area contributed by atoms with Crippen LogP contribution < -0.4 is 10.6 Å². The molecule has 1 unspecified atom stereocenters. The van der Waals surface area contributed by atoms with E-state index in [1.165, 1.54) is 0 Å². The number of nitrogens with zero attached hydrogens (tertiary/aromatic N) is 3. The van der Waals surface area contributed by atoms with Gasteiger partial charge in [-0.15, -0.1) is 0 Å². The van der Waals surface area contributed by atoms with Gasteiger partial charge in [-0.05, 0) is 24.4 Å². The smallest absolute Gasteiger partial charge is 0.228 e. The molecule has 0 saturated heterocycles. The summed E-state index contributed by atoms with van der Waals surface area (Å²) in [5.41, 5.74) is 0. The van der Waals surface area contributed by atoms with E-state index >= 15 is 0 Å². The van der Waals surface area contributed by atoms with Crippen LogP contribution in [0.1, 0.15) is 19.8 Å². The van der Waals surface area contributed by atoms with E-state index in [9.17, 15) is 5.11 Å². The lowest BCUT2D eigenvalue weighted by Gasteiger charge is -2.10. The van der Waals surface area contributed by atoms with Gasteiger partial charge in [0.15, 0.2) is 0 Å². The first-order valence-electron chi connectivity index (χ1n) is 6.22. The van der Waals surface area contributed by atoms with Crippen molar-refractivity contribution in [3.63, 3.8) is 0 Å². The van der Waals surface area contributed by atoms with Gasteiger partial charge < -0.3 is 20.5 Å². The Bertz CT molecular complexity index is 380. The summed E-state index contributed by atoms with van der Waals surface area (Å²) in [7, 11) is 1.55. The van der Waals surface area contributed by atoms with Crippen molar-refractivity contribution in [3.05, 3.63) is 5.28 Å². The first kappa shape index (κ1) is 15.9. The predicted octanol–water partition coefficient (Wildman–Crippen LogP) is 1.16. The van der Waals surface area contributed by atoms with Crippen molar-refractivity contribution in [2.45, 2.75) is 25.9 Å². The molecule has 0 amide bonds. The number of rotatable bonds is 9. The molecule has 0 saturated carbocycles. The van der Waals surface area contributed by atoms with E-state index in [1.807, 2.05) is 6.92 Å². The van der Waals surface area contributed by atoms with Gasteiger partial charge in [-0.1, -0.05) is 6.92 Å². The fourth-order valence-electron chi connectivity index (χ4n) is 1.37. The molecule has 0 aliphatic rings. The fourth-order valence-corrected chi connectivity index (χ4v) is 1.53. The number of hydrogen-bond donors (Lipinski definition) is 3. The number of aliphatic hydroxyl groups excluding tert-OH is 1. The summed E-state index contributed by atoms with van der Waals surface area (Å²) in [6, 6.07) is 0. The second-order valence-electron chi connectivity index (χ2n) is 4.00. The summed E-state index contributed by atoms with van der Waals surface area (Å²) in [5.74, 6) is 0.838. The highest BCUT2D eigenvalue weighted by Gasteiger charge is 2.06. The highest BCUT2D eigenvalue weighted by atomic mass is 35.5. The number of aliphatic hydroxyl groups is 1. The van der Waals surface area contributed by atoms with Gasteiger partial charge in [-0.25, -0.2) is 0 Å². The van der Waals surface area contributed by atoms with Crippen LogP contribution in [0.3, 0.4) is 0 Å². The second-order valence-corrected chi connectivity index (χ2v) is 4.34. The van der Waals surface area contributed by atoms with Crippen molar-refractivity contribution >= 4 is 23.5 Å². The van der Waals surface area contributed by atoms with Crippen molar-refractivity contribution in [2.75, 3.05) is 37.4 Å². The van der Waals surface area contributed by atoms with Crippen molar-refractivity contribution in [1.82, 2.24) is 15.0 Å². The Morgan fingerprint density at radius 2 is 1.84 bits per heavy atom. The second kappa shape index (κ2) is 8.84. The Morgan fingerprint density at radius 1 is 1.21 bits per heavy atom. The quantitative estimate of drug-likeness (QED) is 0.628. The molecular formula is C11H20ClN5O2. The van der Waals surface area contributed by atoms with Gasteiger partial charge in [0.1, 0.15) is 0 Å². The maximum atomic E-state index is 9.50. The maximum absolute atomic E-state index is 9.50. The van der Waals surface area contributed by atoms with E-state index < -0.39 is 6.10 Å². The molecule has 19 heavy (non-hydrogen) atoms. The Balaban J connectivity index is 2.46. The van der Waals surface area contributed by atoms with Gasteiger partial charge in [0, 0.05) is 20.2 Å². The third-order valence-corrected chi connectivity index (χ3v) is 2.43. The van der Waals surface area contributed by atoms with Crippen LogP contribution in [0.4, 0.5) is 11.9 Å². The molecule has 1 aromatic rings. The molecule has 8 heteroatoms. The van der Waals surface area contributed by atoms with Crippen LogP contribution in [0, 0.1) is 0 Å². The fraction of sp³-hybridized carbons (Fsp3) is 0.727. The number of methoxy groups -OCH3 is 1. The number of nitrogens with one attached hydrogen (secondary N) is 2. The van der Waals surface area contributed by atoms with Gasteiger partial charge in [0.05, 0.1) is 12.7 Å². The normalized spacial score (nSPS) is 12.2. The predicted molar refractivity (Wildman–Crippen MR) is 74.6 cm³/mol. The van der Waals surface area contributed by atoms with Gasteiger partial charge in [-0.2, -0.15) is 15.0 Å². The molecule has 0 aliphatic carbocycles. The van der Waals surface area contributed by atoms with E-state index in [2.05, 4.69) is 25.6 Å². The van der Waals surface area contributed by atoms with E-state index in [4.69, 9.17) is 16.3 Å². The minimum atomic E-state index is -0.507. The van der Waals surface area contributed by atoms with E-state index in [1.54, 1.807) is 7.11 Å². The van der Waals surface area contributed by atoms with Crippen molar-refractivity contribution in [1.29, 1.82) is 0 Å². The molecule has 0 radical (unpaired) electrons. The minimum Gasteiger partial charge on any atom is -0.391 e. The molecule has 0 spiro atoms. The zero-order valence-electron chi connectivity index (χ0n) is 11.2. The lowest BCUT2D eigenvalue weighted by molar-refractivity contribution is 0.0615. The minimum absolute atomic E-state index is 0.133. The highest BCUT2D eigenvalue weighted by molar-refractivity contribution is 6.28. The first-order valence-corrected chi connectivity index (χ1v) is 6.59. The summed E-state index contributed by atoms with van der Waals surface area (Å²) in [6.07, 6.45) is 0.997. The largest absolute Gasteiger partial charge is 0.391 e. The lowest BCUT2D eigenvalue weighted by atomic mass is 10.3. The standard InChI is InChI=1S/C11H20ClN5O2/c1-3-5-13-10-15-9(12)16-11(17-10)14-6-4-8(18)7-19-2/h8,18H,3-7H2,1-2H3,(H2,13,14,15,16,17). The van der Waals surface area contributed by atoms with Gasteiger partial charge in [-0.3, -0.25) is 0 Å². The molecule has 0 bridgehead atoms. The molecule has 1 rings (SSSR count). The van der Waals surface area contributed by atoms with Crippen LogP contribution in [0.2, 0.25) is 5.28 Å². The Morgan fingerprint density at radius 3 is 2.42 bits per heavy atom. The molecule has 0 fully saturated rings. The summed E-state index contributed by atoms with van der Waals surface area (Å²) >= 11 is 5.81. The molecule has 0 aliphatic heterocycles. The maximum Gasteiger partial charge on any atom is 0.228 e. The van der Waals surface area contributed by atoms with E-state index in [0.29, 0.717) is 31.5 Å². The van der Waals surface area contributed by atoms with Gasteiger partial charge in [0.25, 0.3) is 0 Å². The number of halogens is 1. The molecule has 3 N–H and O–H groups in total. The van der Waals surface area contributed by atoms with Gasteiger partial charge >= 0.3 is 0 Å². The average Bonchev–Trinajstić information content (AvgIpc) is 2.36. The Kier molecular flexibility index (Phi) is 7.39. The molecule has 7 nitrogen and oxygen atoms in total. The van der Waals surface area contributed by atoms with Crippen LogP contribution >= 0.6 is 11.6 Å². The van der Waals surface area contributed by atoms with Crippen LogP contribution in [0.5, 0.6) is 0 Å². The van der Waals surface area contributed by atoms with Crippen LogP contribution in [-0.2, 0) is 4.74 Å². The Labute approximate surface area is 117 Å². The Hall–Kier alpha value is -1.18. The molecule has 1 atom stereocenters. The SMILES string of the molecule is CCCNc1nc(Cl)nc(NCCC(O)COC)n1. The molecular weight excluding hydrogens is 270 g/mol. The zero-order valence-corrected chi connectivity index (χ0v) is 11.9. The number of anilines is 2. The third kappa shape index (κ3) is 6.51. The van der Waals surface area contributed by atoms with Crippen molar-refractivity contribution < 1.29 is 9.84 Å². The van der Waals surface area contributed by atoms with Crippen molar-refractivity contribution in [3.8, 4) is 0 Å². The summed E-state index contributed by atoms with van der Waals surface area (Å²) in [4.78, 5) is 12.1. The van der Waals surface area contributed by atoms with Crippen LogP contribution in [0.25, 0.3) is 0 Å². The van der Waals surface area contributed by atoms with Crippen LogP contribution in [-0.4, -0.2) is 53.0 Å². The highest BCUT2D eigenvalue weighted by Crippen LogP contribution is 2.09. The summed E-state index contributed by atoms with van der Waals surface area (Å²) in [5, 5.41) is 15.7. The number of ether oxygens (including phenoxy) is 1. The van der Waals surface area contributed by atoms with Crippen LogP contribution in [0.15, 0.2) is 0 Å². The topological polar surface area (TPSA) is 92.2 Å². The molecule has 1 aromatic heterocycles. The zero-order chi connectivity index (χ0) is 14.1. The van der Waals surface area contributed by atoms with E-state index in [0.717, 1.165) is 13.0 Å². The monoisotopic (exact) mass is 289 g/mol. The average molecular weight is 290 g/mol. The first-order chi connectivity index (χ1) is 9.15. The van der Waals surface area contributed by atoms with E-state index in [-0.39, 0.29) is 5.28 Å². The molecule has 108 valence electrons. The lowest BCUT2D eigenvalue weighted by Crippen LogP contribution is -2.19. The van der Waals surface area contributed by atoms with Crippen molar-refractivity contribution in [2.24, 2.45) is 0 Å². The summed E-state index contributed by atoms with van der Waals surface area (Å²) < 4.78 is 4.84. The molecule has 0 aromatic carbocycles. The summed E-state index contributed by atoms with van der Waals surface area (Å²) in [6.45, 7) is 3.65. The third-order valence-electron chi connectivity index (χ3n) is 2.26. The number of aromatic nitrogens is 3. The van der Waals surface area contributed by atoms with Gasteiger partial charge in [0.2, 0.25) is 17.2 Å². The molecule has 1 heterocycles.